The molecule has 0 saturated carbocycles. The quantitative estimate of drug-likeness (QED) is 0.702. The minimum absolute atomic E-state index is 0.0523. The molecular formula is C23H23N7O. The molecule has 3 aromatic rings. The van der Waals surface area contributed by atoms with Gasteiger partial charge in [-0.2, -0.15) is 5.26 Å². The van der Waals surface area contributed by atoms with Crippen molar-refractivity contribution in [1.29, 1.82) is 5.26 Å². The summed E-state index contributed by atoms with van der Waals surface area (Å²) in [6, 6.07) is 14.7. The van der Waals surface area contributed by atoms with Gasteiger partial charge in [0.05, 0.1) is 11.6 Å². The number of pyridine rings is 1. The summed E-state index contributed by atoms with van der Waals surface area (Å²) in [5, 5.41) is 12.3. The molecule has 4 rings (SSSR count). The Morgan fingerprint density at radius 1 is 1.03 bits per heavy atom. The van der Waals surface area contributed by atoms with Gasteiger partial charge in [-0.1, -0.05) is 6.07 Å². The fourth-order valence-corrected chi connectivity index (χ4v) is 3.56. The van der Waals surface area contributed by atoms with Crippen molar-refractivity contribution >= 4 is 23.4 Å². The third-order valence-electron chi connectivity index (χ3n) is 5.13. The van der Waals surface area contributed by atoms with E-state index in [-0.39, 0.29) is 5.91 Å². The monoisotopic (exact) mass is 413 g/mol. The zero-order valence-corrected chi connectivity index (χ0v) is 17.5. The van der Waals surface area contributed by atoms with Crippen LogP contribution in [0, 0.1) is 25.2 Å². The molecule has 1 aliphatic heterocycles. The Balaban J connectivity index is 1.44. The molecule has 31 heavy (non-hydrogen) atoms. The average Bonchev–Trinajstić information content (AvgIpc) is 2.78. The summed E-state index contributed by atoms with van der Waals surface area (Å²) in [4.78, 5) is 30.2. The van der Waals surface area contributed by atoms with Crippen molar-refractivity contribution in [3.63, 3.8) is 0 Å². The molecule has 1 amide bonds. The number of piperazine rings is 1. The molecule has 1 aliphatic rings. The summed E-state index contributed by atoms with van der Waals surface area (Å²) < 4.78 is 0. The van der Waals surface area contributed by atoms with Crippen molar-refractivity contribution in [3.8, 4) is 6.07 Å². The first-order valence-electron chi connectivity index (χ1n) is 10.1. The summed E-state index contributed by atoms with van der Waals surface area (Å²) in [5.41, 5.74) is 2.15. The Bertz CT molecular complexity index is 1150. The van der Waals surface area contributed by atoms with E-state index in [1.807, 2.05) is 36.9 Å². The molecule has 0 bridgehead atoms. The molecule has 0 spiro atoms. The maximum atomic E-state index is 12.8. The predicted molar refractivity (Wildman–Crippen MR) is 118 cm³/mol. The van der Waals surface area contributed by atoms with Gasteiger partial charge in [0.15, 0.2) is 0 Å². The fourth-order valence-electron chi connectivity index (χ4n) is 3.56. The molecule has 0 radical (unpaired) electrons. The smallest absolute Gasteiger partial charge is 0.254 e. The minimum Gasteiger partial charge on any atom is -0.353 e. The number of aromatic nitrogens is 3. The van der Waals surface area contributed by atoms with Crippen molar-refractivity contribution < 1.29 is 4.79 Å². The van der Waals surface area contributed by atoms with Crippen molar-refractivity contribution in [1.82, 2.24) is 19.9 Å². The molecule has 1 fully saturated rings. The predicted octanol–water partition coefficient (Wildman–Crippen LogP) is 3.07. The first-order valence-corrected chi connectivity index (χ1v) is 10.1. The maximum Gasteiger partial charge on any atom is 0.254 e. The third-order valence-corrected chi connectivity index (χ3v) is 5.13. The molecular weight excluding hydrogens is 390 g/mol. The number of carbonyl (C=O) groups is 1. The van der Waals surface area contributed by atoms with Crippen LogP contribution in [0.5, 0.6) is 0 Å². The van der Waals surface area contributed by atoms with Gasteiger partial charge in [-0.05, 0) is 49.7 Å². The number of nitriles is 1. The Kier molecular flexibility index (Phi) is 5.76. The van der Waals surface area contributed by atoms with Gasteiger partial charge in [0.2, 0.25) is 0 Å². The molecule has 0 aliphatic carbocycles. The van der Waals surface area contributed by atoms with Crippen LogP contribution < -0.4 is 10.2 Å². The van der Waals surface area contributed by atoms with Crippen molar-refractivity contribution in [3.05, 3.63) is 71.2 Å². The second kappa shape index (κ2) is 8.79. The van der Waals surface area contributed by atoms with Gasteiger partial charge in [0.1, 0.15) is 23.3 Å². The lowest BCUT2D eigenvalue weighted by molar-refractivity contribution is 0.0746. The zero-order valence-electron chi connectivity index (χ0n) is 17.5. The van der Waals surface area contributed by atoms with Crippen LogP contribution in [-0.2, 0) is 0 Å². The van der Waals surface area contributed by atoms with E-state index in [4.69, 9.17) is 5.26 Å². The van der Waals surface area contributed by atoms with Crippen LogP contribution in [0.3, 0.4) is 0 Å². The molecule has 0 unspecified atom stereocenters. The number of hydrogen-bond donors (Lipinski definition) is 1. The Morgan fingerprint density at radius 3 is 2.58 bits per heavy atom. The van der Waals surface area contributed by atoms with Gasteiger partial charge in [0, 0.05) is 44.0 Å². The lowest BCUT2D eigenvalue weighted by Crippen LogP contribution is -2.49. The van der Waals surface area contributed by atoms with Crippen LogP contribution in [0.1, 0.15) is 27.3 Å². The van der Waals surface area contributed by atoms with Gasteiger partial charge < -0.3 is 15.1 Å². The second-order valence-electron chi connectivity index (χ2n) is 7.47. The van der Waals surface area contributed by atoms with E-state index in [0.717, 1.165) is 17.2 Å². The molecule has 1 saturated heterocycles. The van der Waals surface area contributed by atoms with Crippen LogP contribution in [0.15, 0.2) is 48.7 Å². The van der Waals surface area contributed by atoms with Crippen molar-refractivity contribution in [2.45, 2.75) is 13.8 Å². The van der Waals surface area contributed by atoms with E-state index in [2.05, 4.69) is 31.2 Å². The molecule has 156 valence electrons. The van der Waals surface area contributed by atoms with E-state index in [1.54, 1.807) is 30.5 Å². The van der Waals surface area contributed by atoms with Crippen LogP contribution in [0.25, 0.3) is 0 Å². The van der Waals surface area contributed by atoms with Gasteiger partial charge in [-0.15, -0.1) is 0 Å². The van der Waals surface area contributed by atoms with Crippen LogP contribution in [0.4, 0.5) is 17.5 Å². The molecule has 1 N–H and O–H groups in total. The minimum atomic E-state index is -0.0523. The number of nitrogens with zero attached hydrogens (tertiary/aromatic N) is 6. The Labute approximate surface area is 181 Å². The first-order chi connectivity index (χ1) is 15.0. The lowest BCUT2D eigenvalue weighted by atomic mass is 10.1. The highest BCUT2D eigenvalue weighted by atomic mass is 16.2. The summed E-state index contributed by atoms with van der Waals surface area (Å²) >= 11 is 0. The number of nitrogens with one attached hydrogen (secondary N) is 1. The molecule has 8 nitrogen and oxygen atoms in total. The van der Waals surface area contributed by atoms with E-state index < -0.39 is 0 Å². The second-order valence-corrected chi connectivity index (χ2v) is 7.47. The van der Waals surface area contributed by atoms with E-state index >= 15 is 0 Å². The normalized spacial score (nSPS) is 13.6. The van der Waals surface area contributed by atoms with Gasteiger partial charge in [0.25, 0.3) is 5.91 Å². The summed E-state index contributed by atoms with van der Waals surface area (Å²) in [6.45, 7) is 6.38. The largest absolute Gasteiger partial charge is 0.353 e. The summed E-state index contributed by atoms with van der Waals surface area (Å²) in [5.74, 6) is 2.86. The number of carbonyl (C=O) groups excluding carboxylic acids is 1. The average molecular weight is 413 g/mol. The summed E-state index contributed by atoms with van der Waals surface area (Å²) in [6.07, 6.45) is 1.76. The SMILES string of the molecule is Cc1ccnc(Nc2cc(N3CCN(C(=O)c4cccc(C#N)c4)CC3)nc(C)n2)c1. The number of anilines is 3. The third kappa shape index (κ3) is 4.78. The highest BCUT2D eigenvalue weighted by Gasteiger charge is 2.23. The van der Waals surface area contributed by atoms with Crippen LogP contribution in [-0.4, -0.2) is 51.9 Å². The molecule has 0 atom stereocenters. The Hall–Kier alpha value is -3.99. The first kappa shape index (κ1) is 20.3. The number of rotatable bonds is 4. The zero-order chi connectivity index (χ0) is 21.8. The fraction of sp³-hybridized carbons (Fsp3) is 0.261. The number of aryl methyl sites for hydroxylation is 2. The van der Waals surface area contributed by atoms with Crippen LogP contribution >= 0.6 is 0 Å². The van der Waals surface area contributed by atoms with Crippen molar-refractivity contribution in [2.24, 2.45) is 0 Å². The number of hydrogen-bond acceptors (Lipinski definition) is 7. The van der Waals surface area contributed by atoms with Crippen molar-refractivity contribution in [2.75, 3.05) is 36.4 Å². The van der Waals surface area contributed by atoms with E-state index in [1.165, 1.54) is 0 Å². The van der Waals surface area contributed by atoms with Gasteiger partial charge in [-0.25, -0.2) is 15.0 Å². The highest BCUT2D eigenvalue weighted by Crippen LogP contribution is 2.21. The van der Waals surface area contributed by atoms with E-state index in [9.17, 15) is 4.79 Å². The number of amides is 1. The molecule has 8 heteroatoms. The Morgan fingerprint density at radius 2 is 1.84 bits per heavy atom. The molecule has 3 heterocycles. The molecule has 1 aromatic carbocycles. The van der Waals surface area contributed by atoms with Gasteiger partial charge >= 0.3 is 0 Å². The highest BCUT2D eigenvalue weighted by molar-refractivity contribution is 5.94. The topological polar surface area (TPSA) is 98.0 Å². The summed E-state index contributed by atoms with van der Waals surface area (Å²) in [7, 11) is 0. The number of benzene rings is 1. The standard InChI is InChI=1S/C23H23N7O/c1-16-6-7-25-20(12-16)28-21-14-22(27-17(2)26-21)29-8-10-30(11-9-29)23(31)19-5-3-4-18(13-19)15-24/h3-7,12-14H,8-11H2,1-2H3,(H,25,26,27,28). The molecule has 2 aromatic heterocycles. The lowest BCUT2D eigenvalue weighted by Gasteiger charge is -2.35. The van der Waals surface area contributed by atoms with Crippen LogP contribution in [0.2, 0.25) is 0 Å². The maximum absolute atomic E-state index is 12.8. The van der Waals surface area contributed by atoms with E-state index in [0.29, 0.717) is 48.9 Å². The van der Waals surface area contributed by atoms with Gasteiger partial charge in [-0.3, -0.25) is 4.79 Å².